The molecule has 4 atom stereocenters. The molecule has 3 amide bonds. The van der Waals surface area contributed by atoms with Crippen molar-refractivity contribution in [2.75, 3.05) is 20.6 Å². The molecule has 1 saturated heterocycles. The largest absolute Gasteiger partial charge is 0.481 e. The summed E-state index contributed by atoms with van der Waals surface area (Å²) in [6.45, 7) is 9.96. The van der Waals surface area contributed by atoms with E-state index in [0.717, 1.165) is 25.8 Å². The lowest BCUT2D eigenvalue weighted by Crippen LogP contribution is -2.75. The van der Waals surface area contributed by atoms with E-state index in [9.17, 15) is 24.0 Å². The third kappa shape index (κ3) is 7.85. The van der Waals surface area contributed by atoms with Crippen LogP contribution in [-0.4, -0.2) is 93.9 Å². The first-order valence-electron chi connectivity index (χ1n) is 16.0. The molecule has 3 N–H and O–H groups in total. The van der Waals surface area contributed by atoms with Gasteiger partial charge >= 0.3 is 11.9 Å². The molecule has 45 heavy (non-hydrogen) atoms. The van der Waals surface area contributed by atoms with Crippen molar-refractivity contribution in [3.05, 3.63) is 16.1 Å². The van der Waals surface area contributed by atoms with Crippen molar-refractivity contribution in [3.8, 4) is 0 Å². The van der Waals surface area contributed by atoms with Gasteiger partial charge in [0.05, 0.1) is 12.5 Å². The number of esters is 1. The fourth-order valence-electron chi connectivity index (χ4n) is 7.53. The first-order chi connectivity index (χ1) is 21.0. The van der Waals surface area contributed by atoms with Gasteiger partial charge in [-0.15, -0.1) is 11.3 Å². The molecule has 13 heteroatoms. The maximum Gasteiger partial charge on any atom is 0.303 e. The number of piperidine rings is 1. The van der Waals surface area contributed by atoms with E-state index in [2.05, 4.69) is 15.6 Å². The number of thiazole rings is 1. The topological polar surface area (TPSA) is 158 Å². The minimum atomic E-state index is -0.820. The highest BCUT2D eigenvalue weighted by Gasteiger charge is 2.68. The molecule has 1 aromatic rings. The van der Waals surface area contributed by atoms with Gasteiger partial charge in [-0.2, -0.15) is 0 Å². The quantitative estimate of drug-likeness (QED) is 0.258. The highest BCUT2D eigenvalue weighted by Crippen LogP contribution is 2.69. The number of nitrogens with one attached hydrogen (secondary N) is 2. The summed E-state index contributed by atoms with van der Waals surface area (Å²) < 4.78 is 5.70. The van der Waals surface area contributed by atoms with Crippen LogP contribution in [-0.2, 0) is 23.9 Å². The van der Waals surface area contributed by atoms with Crippen LogP contribution < -0.4 is 10.6 Å². The lowest BCUT2D eigenvalue weighted by Gasteiger charge is -2.70. The summed E-state index contributed by atoms with van der Waals surface area (Å²) in [6.07, 6.45) is 4.33. The average molecular weight is 648 g/mol. The average Bonchev–Trinajstić information content (AvgIpc) is 3.41. The van der Waals surface area contributed by atoms with Crippen molar-refractivity contribution in [1.82, 2.24) is 25.4 Å². The molecule has 0 aromatic carbocycles. The van der Waals surface area contributed by atoms with Crippen LogP contribution in [0.25, 0.3) is 0 Å². The van der Waals surface area contributed by atoms with Gasteiger partial charge in [-0.05, 0) is 62.9 Å². The summed E-state index contributed by atoms with van der Waals surface area (Å²) >= 11 is 1.22. The van der Waals surface area contributed by atoms with Crippen molar-refractivity contribution in [3.63, 3.8) is 0 Å². The number of aliphatic carboxylic acids is 1. The van der Waals surface area contributed by atoms with Crippen LogP contribution in [0.3, 0.4) is 0 Å². The number of hydrogen-bond acceptors (Lipinski definition) is 9. The number of nitrogens with zero attached hydrogens (tertiary/aromatic N) is 3. The number of carbonyl (C=O) groups is 5. The summed E-state index contributed by atoms with van der Waals surface area (Å²) in [5, 5.41) is 17.3. The maximum atomic E-state index is 13.9. The zero-order chi connectivity index (χ0) is 33.3. The molecule has 4 aliphatic rings. The maximum absolute atomic E-state index is 13.9. The van der Waals surface area contributed by atoms with Crippen molar-refractivity contribution in [2.24, 2.45) is 17.3 Å². The fourth-order valence-corrected chi connectivity index (χ4v) is 8.37. The Morgan fingerprint density at radius 2 is 1.80 bits per heavy atom. The van der Waals surface area contributed by atoms with Crippen LogP contribution in [0.15, 0.2) is 5.38 Å². The molecular formula is C32H49N5O7S. The number of carboxylic acids is 1. The molecule has 12 nitrogen and oxygen atoms in total. The van der Waals surface area contributed by atoms with E-state index >= 15 is 0 Å². The SMILES string of the molecule is CC(=O)O[C@H](C[C@H](C(C)C)N(C)C(=O)[C@@H](NC(=O)C1CCCCN1C)C(C)C)c1nc(C(=O)NC23CC(CC(=O)O)(C2)C3)cs1. The normalized spacial score (nSPS) is 26.2. The summed E-state index contributed by atoms with van der Waals surface area (Å²) in [4.78, 5) is 71.7. The molecule has 1 unspecified atom stereocenters. The number of rotatable bonds is 14. The Balaban J connectivity index is 1.44. The summed E-state index contributed by atoms with van der Waals surface area (Å²) in [6, 6.07) is -1.33. The Hall–Kier alpha value is -3.06. The second kappa shape index (κ2) is 13.7. The molecule has 3 saturated carbocycles. The van der Waals surface area contributed by atoms with Gasteiger partial charge in [0.25, 0.3) is 5.91 Å². The number of carbonyl (C=O) groups excluding carboxylic acids is 4. The Morgan fingerprint density at radius 1 is 1.13 bits per heavy atom. The van der Waals surface area contributed by atoms with E-state index in [1.54, 1.807) is 17.3 Å². The smallest absolute Gasteiger partial charge is 0.303 e. The third-order valence-electron chi connectivity index (χ3n) is 9.76. The van der Waals surface area contributed by atoms with Gasteiger partial charge in [-0.3, -0.25) is 28.9 Å². The standard InChI is InChI=1S/C32H49N5O7S/c1-18(2)23(37(7)30(43)26(19(3)4)34-28(42)22-10-8-9-11-36(22)6)12-24(44-20(5)38)29-33-21(14-45-29)27(41)35-32-15-31(16-32,17-32)13-25(39)40/h14,18-19,22-24,26H,8-13,15-17H2,1-7H3,(H,34,42)(H,35,41)(H,39,40)/t22?,23-,24-,26+,31?,32?/m1/s1. The van der Waals surface area contributed by atoms with Crippen LogP contribution in [0.1, 0.15) is 108 Å². The van der Waals surface area contributed by atoms with Crippen LogP contribution in [0.2, 0.25) is 0 Å². The summed E-state index contributed by atoms with van der Waals surface area (Å²) in [7, 11) is 3.65. The van der Waals surface area contributed by atoms with Crippen molar-refractivity contribution >= 4 is 41.0 Å². The number of aromatic nitrogens is 1. The van der Waals surface area contributed by atoms with E-state index in [1.165, 1.54) is 18.3 Å². The number of likely N-dealkylation sites (tertiary alicyclic amines) is 1. The van der Waals surface area contributed by atoms with Crippen LogP contribution in [0, 0.1) is 17.3 Å². The minimum absolute atomic E-state index is 0.0184. The molecule has 0 spiro atoms. The second-order valence-corrected chi connectivity index (χ2v) is 15.1. The highest BCUT2D eigenvalue weighted by atomic mass is 32.1. The van der Waals surface area contributed by atoms with Gasteiger partial charge < -0.3 is 25.4 Å². The van der Waals surface area contributed by atoms with E-state index in [1.807, 2.05) is 39.6 Å². The fraction of sp³-hybridized carbons (Fsp3) is 0.750. The van der Waals surface area contributed by atoms with Crippen LogP contribution in [0.4, 0.5) is 0 Å². The number of amides is 3. The predicted octanol–water partition coefficient (Wildman–Crippen LogP) is 3.37. The Labute approximate surface area is 269 Å². The summed E-state index contributed by atoms with van der Waals surface area (Å²) in [5.41, 5.74) is -0.359. The molecule has 0 radical (unpaired) electrons. The van der Waals surface area contributed by atoms with Crippen molar-refractivity contribution in [1.29, 1.82) is 0 Å². The zero-order valence-electron chi connectivity index (χ0n) is 27.6. The lowest BCUT2D eigenvalue weighted by molar-refractivity contribution is -0.172. The number of ether oxygens (including phenoxy) is 1. The van der Waals surface area contributed by atoms with Crippen molar-refractivity contribution in [2.45, 2.75) is 116 Å². The van der Waals surface area contributed by atoms with Gasteiger partial charge in [0.15, 0.2) is 6.10 Å². The van der Waals surface area contributed by atoms with E-state index in [0.29, 0.717) is 24.3 Å². The Kier molecular flexibility index (Phi) is 10.6. The van der Waals surface area contributed by atoms with E-state index in [-0.39, 0.29) is 71.1 Å². The van der Waals surface area contributed by atoms with Gasteiger partial charge in [0.1, 0.15) is 16.7 Å². The molecular weight excluding hydrogens is 598 g/mol. The van der Waals surface area contributed by atoms with Gasteiger partial charge in [0.2, 0.25) is 11.8 Å². The van der Waals surface area contributed by atoms with Gasteiger partial charge in [-0.1, -0.05) is 34.1 Å². The first-order valence-corrected chi connectivity index (χ1v) is 16.9. The zero-order valence-corrected chi connectivity index (χ0v) is 28.4. The molecule has 5 rings (SSSR count). The lowest BCUT2D eigenvalue weighted by atomic mass is 9.38. The van der Waals surface area contributed by atoms with E-state index < -0.39 is 24.1 Å². The molecule has 3 aliphatic carbocycles. The Bertz CT molecular complexity index is 1280. The third-order valence-corrected chi connectivity index (χ3v) is 10.7. The number of likely N-dealkylation sites (N-methyl/N-ethyl adjacent to an activating group) is 2. The predicted molar refractivity (Wildman–Crippen MR) is 168 cm³/mol. The van der Waals surface area contributed by atoms with Crippen LogP contribution in [0.5, 0.6) is 0 Å². The molecule has 4 fully saturated rings. The number of hydrogen-bond donors (Lipinski definition) is 3. The molecule has 1 aromatic heterocycles. The first kappa shape index (κ1) is 34.8. The van der Waals surface area contributed by atoms with Gasteiger partial charge in [0, 0.05) is 37.4 Å². The molecule has 2 heterocycles. The van der Waals surface area contributed by atoms with E-state index in [4.69, 9.17) is 9.84 Å². The molecule has 1 aliphatic heterocycles. The Morgan fingerprint density at radius 3 is 2.36 bits per heavy atom. The van der Waals surface area contributed by atoms with Crippen molar-refractivity contribution < 1.29 is 33.8 Å². The minimum Gasteiger partial charge on any atom is -0.481 e. The molecule has 250 valence electrons. The molecule has 2 bridgehead atoms. The second-order valence-electron chi connectivity index (χ2n) is 14.2. The number of carboxylic acid groups (broad SMARTS) is 1. The monoisotopic (exact) mass is 647 g/mol. The van der Waals surface area contributed by atoms with Gasteiger partial charge in [-0.25, -0.2) is 4.98 Å². The van der Waals surface area contributed by atoms with Crippen LogP contribution >= 0.6 is 11.3 Å². The summed E-state index contributed by atoms with van der Waals surface area (Å²) in [5.74, 6) is -2.17. The highest BCUT2D eigenvalue weighted by molar-refractivity contribution is 7.09.